The molecule has 0 radical (unpaired) electrons. The first-order valence-corrected chi connectivity index (χ1v) is 11.3. The fourth-order valence-electron chi connectivity index (χ4n) is 3.77. The van der Waals surface area contributed by atoms with E-state index in [1.165, 1.54) is 12.1 Å². The maximum Gasteiger partial charge on any atom is 0.338 e. The largest absolute Gasteiger partial charge is 0.459 e. The quantitative estimate of drug-likeness (QED) is 0.428. The predicted molar refractivity (Wildman–Crippen MR) is 127 cm³/mol. The molecule has 3 N–H and O–H groups in total. The number of carbonyl (C=O) groups excluding carboxylic acids is 3. The number of carbonyl (C=O) groups is 3. The third kappa shape index (κ3) is 5.95. The van der Waals surface area contributed by atoms with E-state index in [1.54, 1.807) is 78.9 Å². The molecule has 9 heteroatoms. The summed E-state index contributed by atoms with van der Waals surface area (Å²) in [6.07, 6.45) is -5.85. The van der Waals surface area contributed by atoms with E-state index in [0.29, 0.717) is 11.1 Å². The van der Waals surface area contributed by atoms with Crippen LogP contribution in [0.1, 0.15) is 31.1 Å². The maximum absolute atomic E-state index is 12.8. The molecule has 3 aromatic rings. The van der Waals surface area contributed by atoms with Crippen molar-refractivity contribution in [2.24, 2.45) is 0 Å². The topological polar surface area (TPSA) is 131 Å². The number of esters is 2. The number of aliphatic hydroxyl groups is 2. The molecule has 0 saturated carbocycles. The molecule has 9 nitrogen and oxygen atoms in total. The zero-order valence-corrected chi connectivity index (χ0v) is 19.1. The Labute approximate surface area is 207 Å². The summed E-state index contributed by atoms with van der Waals surface area (Å²) in [5.41, 5.74) is 0.806. The molecule has 0 aliphatic carbocycles. The Balaban J connectivity index is 1.52. The second kappa shape index (κ2) is 11.6. The van der Waals surface area contributed by atoms with E-state index in [-0.39, 0.29) is 5.56 Å². The molecule has 0 aromatic heterocycles. The number of amides is 1. The van der Waals surface area contributed by atoms with E-state index in [1.807, 2.05) is 0 Å². The highest BCUT2D eigenvalue weighted by molar-refractivity contribution is 5.94. The Morgan fingerprint density at radius 3 is 1.81 bits per heavy atom. The number of rotatable bonds is 7. The normalized spacial score (nSPS) is 23.3. The van der Waals surface area contributed by atoms with Gasteiger partial charge < -0.3 is 29.7 Å². The molecule has 1 heterocycles. The molecule has 1 saturated heterocycles. The van der Waals surface area contributed by atoms with Crippen LogP contribution in [0.25, 0.3) is 0 Å². The average molecular weight is 491 g/mol. The summed E-state index contributed by atoms with van der Waals surface area (Å²) in [6, 6.07) is 23.2. The van der Waals surface area contributed by atoms with Crippen LogP contribution in [0.15, 0.2) is 91.0 Å². The fraction of sp³-hybridized carbons (Fsp3) is 0.222. The molecule has 5 atom stereocenters. The fourth-order valence-corrected chi connectivity index (χ4v) is 3.77. The summed E-state index contributed by atoms with van der Waals surface area (Å²) < 4.78 is 16.3. The van der Waals surface area contributed by atoms with Crippen molar-refractivity contribution >= 4 is 17.8 Å². The molecule has 1 fully saturated rings. The van der Waals surface area contributed by atoms with E-state index in [0.717, 1.165) is 0 Å². The average Bonchev–Trinajstić information content (AvgIpc) is 2.92. The van der Waals surface area contributed by atoms with E-state index in [4.69, 9.17) is 14.2 Å². The van der Waals surface area contributed by atoms with Crippen LogP contribution in [0.5, 0.6) is 0 Å². The molecule has 36 heavy (non-hydrogen) atoms. The van der Waals surface area contributed by atoms with Crippen LogP contribution >= 0.6 is 0 Å². The van der Waals surface area contributed by atoms with Gasteiger partial charge >= 0.3 is 11.9 Å². The second-order valence-electron chi connectivity index (χ2n) is 8.12. The van der Waals surface area contributed by atoms with Gasteiger partial charge in [0.25, 0.3) is 5.91 Å². The third-order valence-electron chi connectivity index (χ3n) is 5.67. The standard InChI is InChI=1S/C27H25NO8/c29-22-20(16-34-25(31)18-12-6-2-7-13-18)35-27(33)21(28-24(30)17-10-4-1-5-11-17)23(22)36-26(32)19-14-8-3-9-15-19/h1-15,20-23,27,29,33H,16H2,(H,28,30)/t20-,21-,22+,23-,27+/m1/s1. The number of ether oxygens (including phenoxy) is 3. The zero-order valence-electron chi connectivity index (χ0n) is 19.1. The minimum absolute atomic E-state index is 0.214. The Bertz CT molecular complexity index is 1170. The lowest BCUT2D eigenvalue weighted by molar-refractivity contribution is -0.252. The molecule has 3 aromatic carbocycles. The smallest absolute Gasteiger partial charge is 0.338 e. The summed E-state index contributed by atoms with van der Waals surface area (Å²) >= 11 is 0. The first-order chi connectivity index (χ1) is 17.4. The van der Waals surface area contributed by atoms with Crippen LogP contribution in [-0.2, 0) is 14.2 Å². The lowest BCUT2D eigenvalue weighted by atomic mass is 9.96. The van der Waals surface area contributed by atoms with E-state index in [2.05, 4.69) is 5.32 Å². The molecule has 1 aliphatic rings. The summed E-state index contributed by atoms with van der Waals surface area (Å²) in [7, 11) is 0. The van der Waals surface area contributed by atoms with Gasteiger partial charge in [-0.25, -0.2) is 9.59 Å². The van der Waals surface area contributed by atoms with Crippen LogP contribution in [0.3, 0.4) is 0 Å². The Hall–Kier alpha value is -4.05. The first kappa shape index (κ1) is 25.1. The van der Waals surface area contributed by atoms with Crippen molar-refractivity contribution in [3.63, 3.8) is 0 Å². The van der Waals surface area contributed by atoms with Gasteiger partial charge in [0, 0.05) is 5.56 Å². The number of hydrogen-bond donors (Lipinski definition) is 3. The van der Waals surface area contributed by atoms with Gasteiger partial charge in [0.2, 0.25) is 0 Å². The molecule has 1 aliphatic heterocycles. The predicted octanol–water partition coefficient (Wildman–Crippen LogP) is 1.95. The van der Waals surface area contributed by atoms with Crippen LogP contribution in [0, 0.1) is 0 Å². The van der Waals surface area contributed by atoms with Gasteiger partial charge in [-0.1, -0.05) is 54.6 Å². The lowest BCUT2D eigenvalue weighted by Gasteiger charge is -2.42. The van der Waals surface area contributed by atoms with E-state index >= 15 is 0 Å². The van der Waals surface area contributed by atoms with E-state index in [9.17, 15) is 24.6 Å². The van der Waals surface area contributed by atoms with Gasteiger partial charge in [0.15, 0.2) is 12.4 Å². The van der Waals surface area contributed by atoms with Crippen molar-refractivity contribution in [2.45, 2.75) is 30.6 Å². The number of aliphatic hydroxyl groups excluding tert-OH is 2. The Kier molecular flexibility index (Phi) is 8.06. The van der Waals surface area contributed by atoms with Gasteiger partial charge in [-0.15, -0.1) is 0 Å². The molecule has 186 valence electrons. The Morgan fingerprint density at radius 2 is 1.25 bits per heavy atom. The summed E-state index contributed by atoms with van der Waals surface area (Å²) in [6.45, 7) is -0.426. The summed E-state index contributed by atoms with van der Waals surface area (Å²) in [5.74, 6) is -1.99. The number of benzene rings is 3. The van der Waals surface area contributed by atoms with Gasteiger partial charge in [0.05, 0.1) is 11.1 Å². The van der Waals surface area contributed by atoms with Crippen LogP contribution in [-0.4, -0.2) is 65.3 Å². The number of hydrogen-bond acceptors (Lipinski definition) is 8. The summed E-state index contributed by atoms with van der Waals surface area (Å²) in [5, 5.41) is 24.3. The van der Waals surface area contributed by atoms with Gasteiger partial charge in [-0.05, 0) is 36.4 Å². The highest BCUT2D eigenvalue weighted by Gasteiger charge is 2.48. The van der Waals surface area contributed by atoms with Crippen molar-refractivity contribution in [1.82, 2.24) is 5.32 Å². The third-order valence-corrected chi connectivity index (χ3v) is 5.67. The minimum atomic E-state index is -1.67. The molecule has 1 amide bonds. The van der Waals surface area contributed by atoms with Crippen LogP contribution in [0.4, 0.5) is 0 Å². The van der Waals surface area contributed by atoms with Gasteiger partial charge in [-0.3, -0.25) is 4.79 Å². The SMILES string of the molecule is O=C(N[C@@H]1[C@@H](OC(=O)c2ccccc2)[C@@H](O)[C@@H](COC(=O)c2ccccc2)O[C@@H]1O)c1ccccc1. The lowest BCUT2D eigenvalue weighted by Crippen LogP contribution is -2.65. The molecule has 0 bridgehead atoms. The highest BCUT2D eigenvalue weighted by Crippen LogP contribution is 2.25. The maximum atomic E-state index is 12.8. The summed E-state index contributed by atoms with van der Waals surface area (Å²) in [4.78, 5) is 37.8. The molecular formula is C27H25NO8. The minimum Gasteiger partial charge on any atom is -0.459 e. The first-order valence-electron chi connectivity index (χ1n) is 11.3. The zero-order chi connectivity index (χ0) is 25.5. The van der Waals surface area contributed by atoms with Crippen LogP contribution < -0.4 is 5.32 Å². The Morgan fingerprint density at radius 1 is 0.750 bits per heavy atom. The molecular weight excluding hydrogens is 466 g/mol. The molecule has 0 spiro atoms. The van der Waals surface area contributed by atoms with Crippen molar-refractivity contribution in [2.75, 3.05) is 6.61 Å². The van der Waals surface area contributed by atoms with Crippen molar-refractivity contribution in [3.05, 3.63) is 108 Å². The molecule has 4 rings (SSSR count). The van der Waals surface area contributed by atoms with Crippen LogP contribution in [0.2, 0.25) is 0 Å². The van der Waals surface area contributed by atoms with Gasteiger partial charge in [-0.2, -0.15) is 0 Å². The monoisotopic (exact) mass is 491 g/mol. The van der Waals surface area contributed by atoms with E-state index < -0.39 is 55.1 Å². The van der Waals surface area contributed by atoms with Crippen molar-refractivity contribution < 1.29 is 38.8 Å². The van der Waals surface area contributed by atoms with Crippen molar-refractivity contribution in [3.8, 4) is 0 Å². The highest BCUT2D eigenvalue weighted by atomic mass is 16.6. The second-order valence-corrected chi connectivity index (χ2v) is 8.12. The van der Waals surface area contributed by atoms with Gasteiger partial charge in [0.1, 0.15) is 24.9 Å². The number of nitrogens with one attached hydrogen (secondary N) is 1. The molecule has 0 unspecified atom stereocenters. The van der Waals surface area contributed by atoms with Crippen molar-refractivity contribution in [1.29, 1.82) is 0 Å².